The van der Waals surface area contributed by atoms with Gasteiger partial charge in [-0.1, -0.05) is 6.92 Å². The van der Waals surface area contributed by atoms with Crippen LogP contribution in [0, 0.1) is 11.7 Å². The topological polar surface area (TPSA) is 91.8 Å². The van der Waals surface area contributed by atoms with Gasteiger partial charge in [-0.15, -0.1) is 0 Å². The molecule has 0 aliphatic carbocycles. The van der Waals surface area contributed by atoms with Crippen LogP contribution in [0.1, 0.15) is 23.7 Å². The van der Waals surface area contributed by atoms with Crippen molar-refractivity contribution in [3.05, 3.63) is 29.6 Å². The number of halogens is 1. The number of benzene rings is 1. The van der Waals surface area contributed by atoms with Gasteiger partial charge in [-0.25, -0.2) is 12.8 Å². The third-order valence-corrected chi connectivity index (χ3v) is 5.46. The van der Waals surface area contributed by atoms with Crippen molar-refractivity contribution >= 4 is 21.7 Å². The molecule has 1 saturated heterocycles. The van der Waals surface area contributed by atoms with Crippen LogP contribution >= 0.6 is 0 Å². The Morgan fingerprint density at radius 3 is 2.64 bits per heavy atom. The summed E-state index contributed by atoms with van der Waals surface area (Å²) in [6, 6.07) is 3.08. The predicted octanol–water partition coefficient (Wildman–Crippen LogP) is 1.17. The first-order valence-corrected chi connectivity index (χ1v) is 8.46. The standard InChI is InChI=1S/C14H16FNO5S/c1-2-22(20,21)10-3-4-12(15)11(7-10)13(17)16-6-5-9(8-16)14(18)19/h3-4,7,9H,2,5-6,8H2,1H3,(H,18,19)/t9-/m1/s1. The summed E-state index contributed by atoms with van der Waals surface area (Å²) in [7, 11) is -3.55. The smallest absolute Gasteiger partial charge is 0.308 e. The maximum absolute atomic E-state index is 13.9. The zero-order valence-electron chi connectivity index (χ0n) is 12.0. The molecular weight excluding hydrogens is 313 g/mol. The quantitative estimate of drug-likeness (QED) is 0.837. The van der Waals surface area contributed by atoms with Gasteiger partial charge in [0, 0.05) is 13.1 Å². The van der Waals surface area contributed by atoms with Crippen LogP contribution in [0.25, 0.3) is 0 Å². The molecule has 1 aromatic rings. The van der Waals surface area contributed by atoms with Gasteiger partial charge in [0.1, 0.15) is 5.82 Å². The number of hydrogen-bond donors (Lipinski definition) is 1. The molecule has 0 saturated carbocycles. The number of likely N-dealkylation sites (tertiary alicyclic amines) is 1. The van der Waals surface area contributed by atoms with Crippen LogP contribution in [0.15, 0.2) is 23.1 Å². The number of amides is 1. The average Bonchev–Trinajstić information content (AvgIpc) is 2.97. The van der Waals surface area contributed by atoms with Gasteiger partial charge in [0.2, 0.25) is 0 Å². The lowest BCUT2D eigenvalue weighted by atomic mass is 10.1. The molecule has 22 heavy (non-hydrogen) atoms. The summed E-state index contributed by atoms with van der Waals surface area (Å²) in [5, 5.41) is 8.93. The first kappa shape index (κ1) is 16.4. The summed E-state index contributed by atoms with van der Waals surface area (Å²) in [6.45, 7) is 1.66. The molecular formula is C14H16FNO5S. The molecule has 120 valence electrons. The number of hydrogen-bond acceptors (Lipinski definition) is 4. The van der Waals surface area contributed by atoms with Crippen LogP contribution in [-0.4, -0.2) is 49.1 Å². The van der Waals surface area contributed by atoms with Crippen molar-refractivity contribution in [2.75, 3.05) is 18.8 Å². The molecule has 1 aliphatic rings. The minimum atomic E-state index is -3.55. The number of carboxylic acids is 1. The Morgan fingerprint density at radius 2 is 2.09 bits per heavy atom. The van der Waals surface area contributed by atoms with E-state index in [0.29, 0.717) is 6.42 Å². The summed E-state index contributed by atoms with van der Waals surface area (Å²) in [4.78, 5) is 24.3. The van der Waals surface area contributed by atoms with E-state index in [1.807, 2.05) is 0 Å². The first-order valence-electron chi connectivity index (χ1n) is 6.80. The summed E-state index contributed by atoms with van der Waals surface area (Å²) in [6.07, 6.45) is 0.301. The van der Waals surface area contributed by atoms with E-state index in [-0.39, 0.29) is 29.3 Å². The van der Waals surface area contributed by atoms with Crippen LogP contribution in [0.4, 0.5) is 4.39 Å². The fraction of sp³-hybridized carbons (Fsp3) is 0.429. The zero-order chi connectivity index (χ0) is 16.5. The van der Waals surface area contributed by atoms with Crippen molar-refractivity contribution in [1.82, 2.24) is 4.90 Å². The van der Waals surface area contributed by atoms with E-state index in [1.165, 1.54) is 11.8 Å². The third-order valence-electron chi connectivity index (χ3n) is 3.73. The van der Waals surface area contributed by atoms with Crippen molar-refractivity contribution in [3.63, 3.8) is 0 Å². The molecule has 6 nitrogen and oxygen atoms in total. The Labute approximate surface area is 127 Å². The SMILES string of the molecule is CCS(=O)(=O)c1ccc(F)c(C(=O)N2CC[C@@H](C(=O)O)C2)c1. The Morgan fingerprint density at radius 1 is 1.41 bits per heavy atom. The van der Waals surface area contributed by atoms with Crippen molar-refractivity contribution in [1.29, 1.82) is 0 Å². The monoisotopic (exact) mass is 329 g/mol. The molecule has 1 aromatic carbocycles. The number of carboxylic acid groups (broad SMARTS) is 1. The highest BCUT2D eigenvalue weighted by molar-refractivity contribution is 7.91. The Bertz CT molecular complexity index is 716. The summed E-state index contributed by atoms with van der Waals surface area (Å²) >= 11 is 0. The summed E-state index contributed by atoms with van der Waals surface area (Å²) < 4.78 is 37.5. The fourth-order valence-corrected chi connectivity index (χ4v) is 3.25. The number of carbonyl (C=O) groups is 2. The average molecular weight is 329 g/mol. The van der Waals surface area contributed by atoms with E-state index in [1.54, 1.807) is 0 Å². The van der Waals surface area contributed by atoms with Gasteiger partial charge in [0.15, 0.2) is 9.84 Å². The van der Waals surface area contributed by atoms with Crippen molar-refractivity contribution in [2.45, 2.75) is 18.2 Å². The lowest BCUT2D eigenvalue weighted by molar-refractivity contribution is -0.141. The molecule has 1 amide bonds. The highest BCUT2D eigenvalue weighted by Gasteiger charge is 2.32. The lowest BCUT2D eigenvalue weighted by Gasteiger charge is -2.16. The minimum Gasteiger partial charge on any atom is -0.481 e. The third kappa shape index (κ3) is 3.11. The van der Waals surface area contributed by atoms with Crippen molar-refractivity contribution in [2.24, 2.45) is 5.92 Å². The second-order valence-electron chi connectivity index (χ2n) is 5.12. The van der Waals surface area contributed by atoms with E-state index < -0.39 is 33.4 Å². The number of nitrogens with zero attached hydrogens (tertiary/aromatic N) is 1. The molecule has 8 heteroatoms. The molecule has 1 atom stereocenters. The first-order chi connectivity index (χ1) is 10.3. The minimum absolute atomic E-state index is 0.00162. The maximum Gasteiger partial charge on any atom is 0.308 e. The van der Waals surface area contributed by atoms with E-state index in [0.717, 1.165) is 18.2 Å². The summed E-state index contributed by atoms with van der Waals surface area (Å²) in [5.41, 5.74) is -0.347. The molecule has 0 spiro atoms. The van der Waals surface area contributed by atoms with Gasteiger partial charge >= 0.3 is 5.97 Å². The molecule has 0 aromatic heterocycles. The van der Waals surface area contributed by atoms with E-state index in [2.05, 4.69) is 0 Å². The highest BCUT2D eigenvalue weighted by Crippen LogP contribution is 2.22. The van der Waals surface area contributed by atoms with Gasteiger partial charge in [-0.3, -0.25) is 9.59 Å². The summed E-state index contributed by atoms with van der Waals surface area (Å²) in [5.74, 6) is -3.34. The molecule has 1 fully saturated rings. The molecule has 1 aliphatic heterocycles. The van der Waals surface area contributed by atoms with Gasteiger partial charge in [0.25, 0.3) is 5.91 Å². The molecule has 2 rings (SSSR count). The Hall–Kier alpha value is -1.96. The number of aliphatic carboxylic acids is 1. The van der Waals surface area contributed by atoms with E-state index >= 15 is 0 Å². The zero-order valence-corrected chi connectivity index (χ0v) is 12.8. The van der Waals surface area contributed by atoms with E-state index in [4.69, 9.17) is 5.11 Å². The predicted molar refractivity (Wildman–Crippen MR) is 75.8 cm³/mol. The number of carbonyl (C=O) groups excluding carboxylic acids is 1. The largest absolute Gasteiger partial charge is 0.481 e. The normalized spacial score (nSPS) is 18.5. The molecule has 1 heterocycles. The van der Waals surface area contributed by atoms with E-state index in [9.17, 15) is 22.4 Å². The van der Waals surface area contributed by atoms with Crippen LogP contribution in [-0.2, 0) is 14.6 Å². The van der Waals surface area contributed by atoms with Gasteiger partial charge in [-0.2, -0.15) is 0 Å². The number of sulfone groups is 1. The lowest BCUT2D eigenvalue weighted by Crippen LogP contribution is -2.30. The second-order valence-corrected chi connectivity index (χ2v) is 7.40. The molecule has 0 bridgehead atoms. The maximum atomic E-state index is 13.9. The van der Waals surface area contributed by atoms with Crippen LogP contribution in [0.5, 0.6) is 0 Å². The van der Waals surface area contributed by atoms with Gasteiger partial charge < -0.3 is 10.0 Å². The van der Waals surface area contributed by atoms with Crippen LogP contribution in [0.3, 0.4) is 0 Å². The number of rotatable bonds is 4. The highest BCUT2D eigenvalue weighted by atomic mass is 32.2. The fourth-order valence-electron chi connectivity index (χ4n) is 2.35. The van der Waals surface area contributed by atoms with Crippen LogP contribution in [0.2, 0.25) is 0 Å². The van der Waals surface area contributed by atoms with Crippen molar-refractivity contribution < 1.29 is 27.5 Å². The Kier molecular flexibility index (Phi) is 4.50. The molecule has 0 radical (unpaired) electrons. The van der Waals surface area contributed by atoms with Crippen molar-refractivity contribution in [3.8, 4) is 0 Å². The van der Waals surface area contributed by atoms with Crippen LogP contribution < -0.4 is 0 Å². The Balaban J connectivity index is 2.31. The van der Waals surface area contributed by atoms with Gasteiger partial charge in [-0.05, 0) is 24.6 Å². The molecule has 0 unspecified atom stereocenters. The second kappa shape index (κ2) is 6.04. The molecule has 1 N–H and O–H groups in total. The van der Waals surface area contributed by atoms with Gasteiger partial charge in [0.05, 0.1) is 22.1 Å².